The van der Waals surface area contributed by atoms with Crippen LogP contribution >= 0.6 is 24.0 Å². The molecule has 5 heteroatoms. The Morgan fingerprint density at radius 1 is 1.20 bits per heavy atom. The van der Waals surface area contributed by atoms with Crippen molar-refractivity contribution < 1.29 is 4.42 Å². The second-order valence-electron chi connectivity index (χ2n) is 4.32. The highest BCUT2D eigenvalue weighted by Gasteiger charge is 2.06. The maximum Gasteiger partial charge on any atom is 0.194 e. The van der Waals surface area contributed by atoms with E-state index in [9.17, 15) is 0 Å². The Balaban J connectivity index is 0.00000200. The molecule has 0 aliphatic heterocycles. The van der Waals surface area contributed by atoms with E-state index in [0.717, 1.165) is 18.3 Å². The van der Waals surface area contributed by atoms with E-state index >= 15 is 0 Å². The maximum absolute atomic E-state index is 5.29. The number of hydrogen-bond acceptors (Lipinski definition) is 2. The number of aliphatic imine (C=N–C) groups is 1. The fraction of sp³-hybridized carbons (Fsp3) is 0.267. The predicted molar refractivity (Wildman–Crippen MR) is 92.2 cm³/mol. The Bertz CT molecular complexity index is 511. The molecule has 1 N–H and O–H groups in total. The van der Waals surface area contributed by atoms with Gasteiger partial charge >= 0.3 is 0 Å². The van der Waals surface area contributed by atoms with Gasteiger partial charge in [0.15, 0.2) is 5.96 Å². The minimum Gasteiger partial charge on any atom is -0.467 e. The van der Waals surface area contributed by atoms with Gasteiger partial charge in [0.05, 0.1) is 12.8 Å². The summed E-state index contributed by atoms with van der Waals surface area (Å²) in [6.45, 7) is 1.46. The summed E-state index contributed by atoms with van der Waals surface area (Å²) in [6, 6.07) is 14.1. The summed E-state index contributed by atoms with van der Waals surface area (Å²) in [7, 11) is 3.80. The first kappa shape index (κ1) is 16.6. The number of guanidine groups is 1. The summed E-state index contributed by atoms with van der Waals surface area (Å²) >= 11 is 0. The summed E-state index contributed by atoms with van der Waals surface area (Å²) in [5.41, 5.74) is 1.26. The average Bonchev–Trinajstić information content (AvgIpc) is 2.94. The first-order valence-electron chi connectivity index (χ1n) is 6.27. The second kappa shape index (κ2) is 8.63. The zero-order chi connectivity index (χ0) is 13.5. The SMILES string of the molecule is CN=C(NCc1ccco1)N(C)Cc1ccccc1.I. The van der Waals surface area contributed by atoms with Crippen molar-refractivity contribution in [3.05, 3.63) is 60.1 Å². The standard InChI is InChI=1S/C15H19N3O.HI/c1-16-15(17-11-14-9-6-10-19-14)18(2)12-13-7-4-3-5-8-13;/h3-10H,11-12H2,1-2H3,(H,16,17);1H. The zero-order valence-electron chi connectivity index (χ0n) is 11.7. The molecule has 0 spiro atoms. The first-order chi connectivity index (χ1) is 9.29. The van der Waals surface area contributed by atoms with E-state index in [0.29, 0.717) is 6.54 Å². The molecular weight excluding hydrogens is 365 g/mol. The van der Waals surface area contributed by atoms with E-state index in [1.165, 1.54) is 5.56 Å². The van der Waals surface area contributed by atoms with E-state index in [1.807, 2.05) is 37.4 Å². The normalized spacial score (nSPS) is 10.8. The molecule has 2 aromatic rings. The van der Waals surface area contributed by atoms with Crippen LogP contribution in [0, 0.1) is 0 Å². The minimum atomic E-state index is 0. The smallest absolute Gasteiger partial charge is 0.194 e. The van der Waals surface area contributed by atoms with E-state index in [2.05, 4.69) is 27.3 Å². The fourth-order valence-corrected chi connectivity index (χ4v) is 1.90. The number of nitrogens with one attached hydrogen (secondary N) is 1. The molecule has 2 rings (SSSR count). The highest BCUT2D eigenvalue weighted by molar-refractivity contribution is 14.0. The van der Waals surface area contributed by atoms with Gasteiger partial charge in [-0.2, -0.15) is 0 Å². The average molecular weight is 385 g/mol. The van der Waals surface area contributed by atoms with Crippen LogP contribution in [-0.2, 0) is 13.1 Å². The molecule has 1 heterocycles. The molecule has 0 radical (unpaired) electrons. The van der Waals surface area contributed by atoms with Crippen LogP contribution < -0.4 is 5.32 Å². The van der Waals surface area contributed by atoms with Gasteiger partial charge in [0.25, 0.3) is 0 Å². The van der Waals surface area contributed by atoms with Gasteiger partial charge in [-0.1, -0.05) is 30.3 Å². The lowest BCUT2D eigenvalue weighted by molar-refractivity contribution is 0.459. The predicted octanol–water partition coefficient (Wildman–Crippen LogP) is 3.11. The molecule has 0 aliphatic carbocycles. The van der Waals surface area contributed by atoms with Crippen LogP contribution in [-0.4, -0.2) is 25.0 Å². The lowest BCUT2D eigenvalue weighted by Crippen LogP contribution is -2.37. The largest absolute Gasteiger partial charge is 0.467 e. The van der Waals surface area contributed by atoms with Gasteiger partial charge in [-0.3, -0.25) is 4.99 Å². The topological polar surface area (TPSA) is 40.8 Å². The van der Waals surface area contributed by atoms with Crippen LogP contribution in [0.25, 0.3) is 0 Å². The molecule has 0 saturated heterocycles. The highest BCUT2D eigenvalue weighted by Crippen LogP contribution is 2.04. The number of benzene rings is 1. The van der Waals surface area contributed by atoms with Crippen molar-refractivity contribution in [2.24, 2.45) is 4.99 Å². The van der Waals surface area contributed by atoms with Crippen LogP contribution in [0.1, 0.15) is 11.3 Å². The Morgan fingerprint density at radius 3 is 2.55 bits per heavy atom. The molecule has 4 nitrogen and oxygen atoms in total. The molecular formula is C15H20IN3O. The minimum absolute atomic E-state index is 0. The van der Waals surface area contributed by atoms with Crippen LogP contribution in [0.2, 0.25) is 0 Å². The van der Waals surface area contributed by atoms with Crippen molar-refractivity contribution in [1.29, 1.82) is 0 Å². The molecule has 20 heavy (non-hydrogen) atoms. The van der Waals surface area contributed by atoms with Crippen LogP contribution in [0.3, 0.4) is 0 Å². The van der Waals surface area contributed by atoms with Crippen LogP contribution in [0.4, 0.5) is 0 Å². The van der Waals surface area contributed by atoms with Crippen molar-refractivity contribution in [3.8, 4) is 0 Å². The number of furan rings is 1. The molecule has 1 aromatic carbocycles. The Hall–Kier alpha value is -1.50. The van der Waals surface area contributed by atoms with Crippen molar-refractivity contribution in [1.82, 2.24) is 10.2 Å². The van der Waals surface area contributed by atoms with Gasteiger partial charge < -0.3 is 14.6 Å². The second-order valence-corrected chi connectivity index (χ2v) is 4.32. The molecule has 0 aliphatic rings. The summed E-state index contributed by atoms with van der Waals surface area (Å²) in [6.07, 6.45) is 1.67. The number of halogens is 1. The zero-order valence-corrected chi connectivity index (χ0v) is 14.1. The quantitative estimate of drug-likeness (QED) is 0.500. The third-order valence-electron chi connectivity index (χ3n) is 2.84. The molecule has 0 fully saturated rings. The summed E-state index contributed by atoms with van der Waals surface area (Å²) in [4.78, 5) is 6.35. The summed E-state index contributed by atoms with van der Waals surface area (Å²) < 4.78 is 5.29. The molecule has 1 aromatic heterocycles. The van der Waals surface area contributed by atoms with Crippen molar-refractivity contribution in [2.45, 2.75) is 13.1 Å². The molecule has 0 amide bonds. The molecule has 0 atom stereocenters. The number of rotatable bonds is 4. The number of nitrogens with zero attached hydrogens (tertiary/aromatic N) is 2. The summed E-state index contributed by atoms with van der Waals surface area (Å²) in [5, 5.41) is 3.27. The highest BCUT2D eigenvalue weighted by atomic mass is 127. The van der Waals surface area contributed by atoms with Crippen LogP contribution in [0.15, 0.2) is 58.1 Å². The molecule has 0 bridgehead atoms. The van der Waals surface area contributed by atoms with Crippen LogP contribution in [0.5, 0.6) is 0 Å². The van der Waals surface area contributed by atoms with E-state index in [-0.39, 0.29) is 24.0 Å². The van der Waals surface area contributed by atoms with Crippen molar-refractivity contribution >= 4 is 29.9 Å². The van der Waals surface area contributed by atoms with Gasteiger partial charge in [0.2, 0.25) is 0 Å². The van der Waals surface area contributed by atoms with Crippen molar-refractivity contribution in [3.63, 3.8) is 0 Å². The monoisotopic (exact) mass is 385 g/mol. The lowest BCUT2D eigenvalue weighted by Gasteiger charge is -2.21. The Labute approximate surface area is 136 Å². The van der Waals surface area contributed by atoms with Gasteiger partial charge in [-0.15, -0.1) is 24.0 Å². The molecule has 108 valence electrons. The van der Waals surface area contributed by atoms with Gasteiger partial charge in [-0.05, 0) is 17.7 Å². The van der Waals surface area contributed by atoms with E-state index in [4.69, 9.17) is 4.42 Å². The van der Waals surface area contributed by atoms with Gasteiger partial charge in [0, 0.05) is 20.6 Å². The molecule has 0 saturated carbocycles. The van der Waals surface area contributed by atoms with E-state index < -0.39 is 0 Å². The Kier molecular flexibility index (Phi) is 7.14. The first-order valence-corrected chi connectivity index (χ1v) is 6.27. The summed E-state index contributed by atoms with van der Waals surface area (Å²) in [5.74, 6) is 1.74. The third kappa shape index (κ3) is 4.88. The van der Waals surface area contributed by atoms with Gasteiger partial charge in [-0.25, -0.2) is 0 Å². The molecule has 0 unspecified atom stereocenters. The fourth-order valence-electron chi connectivity index (χ4n) is 1.90. The van der Waals surface area contributed by atoms with E-state index in [1.54, 1.807) is 13.3 Å². The Morgan fingerprint density at radius 2 is 1.95 bits per heavy atom. The number of hydrogen-bond donors (Lipinski definition) is 1. The maximum atomic E-state index is 5.29. The lowest BCUT2D eigenvalue weighted by atomic mass is 10.2. The van der Waals surface area contributed by atoms with Crippen molar-refractivity contribution in [2.75, 3.05) is 14.1 Å². The third-order valence-corrected chi connectivity index (χ3v) is 2.84. The van der Waals surface area contributed by atoms with Gasteiger partial charge in [0.1, 0.15) is 5.76 Å².